The van der Waals surface area contributed by atoms with Gasteiger partial charge in [-0.3, -0.25) is 4.90 Å². The maximum Gasteiger partial charge on any atom is 0.230 e. The van der Waals surface area contributed by atoms with Gasteiger partial charge in [-0.2, -0.15) is 4.52 Å². The predicted molar refractivity (Wildman–Crippen MR) is 100 cm³/mol. The average Bonchev–Trinajstić information content (AvgIpc) is 3.08. The summed E-state index contributed by atoms with van der Waals surface area (Å²) in [5, 5.41) is 15.2. The first-order valence-corrected chi connectivity index (χ1v) is 9.73. The van der Waals surface area contributed by atoms with Gasteiger partial charge in [-0.15, -0.1) is 5.10 Å². The van der Waals surface area contributed by atoms with E-state index in [2.05, 4.69) is 53.1 Å². The number of aryl methyl sites for hydroxylation is 2. The van der Waals surface area contributed by atoms with Crippen LogP contribution in [0.2, 0.25) is 0 Å². The minimum atomic E-state index is 0.0454. The highest BCUT2D eigenvalue weighted by Gasteiger charge is 2.33. The van der Waals surface area contributed by atoms with Crippen LogP contribution in [0, 0.1) is 13.8 Å². The maximum atomic E-state index is 10.9. The maximum absolute atomic E-state index is 10.9. The molecule has 3 heterocycles. The standard InChI is InChI=1S/C19H24N4OS/c1-12-7-6-9-15(11-12)16(22-10-5-4-8-13(22)2)17-18(24)23-19(25-17)20-14(3)21-23/h6-7,9,11,13,16,24H,4-5,8,10H2,1-3H3/t13-,16+/m0/s1. The number of aromatic hydroxyl groups is 1. The van der Waals surface area contributed by atoms with Crippen molar-refractivity contribution in [3.8, 4) is 5.88 Å². The zero-order chi connectivity index (χ0) is 17.6. The molecule has 0 spiro atoms. The van der Waals surface area contributed by atoms with Gasteiger partial charge in [0.2, 0.25) is 10.8 Å². The van der Waals surface area contributed by atoms with E-state index in [0.717, 1.165) is 16.4 Å². The van der Waals surface area contributed by atoms with Gasteiger partial charge in [-0.25, -0.2) is 4.98 Å². The van der Waals surface area contributed by atoms with Crippen molar-refractivity contribution in [2.24, 2.45) is 0 Å². The first-order chi connectivity index (χ1) is 12.0. The van der Waals surface area contributed by atoms with Crippen molar-refractivity contribution < 1.29 is 5.11 Å². The molecule has 0 bridgehead atoms. The fourth-order valence-electron chi connectivity index (χ4n) is 3.86. The molecular weight excluding hydrogens is 332 g/mol. The summed E-state index contributed by atoms with van der Waals surface area (Å²) in [6.45, 7) is 7.31. The number of nitrogens with zero attached hydrogens (tertiary/aromatic N) is 4. The molecule has 132 valence electrons. The lowest BCUT2D eigenvalue weighted by molar-refractivity contribution is 0.125. The lowest BCUT2D eigenvalue weighted by Crippen LogP contribution is -2.40. The summed E-state index contributed by atoms with van der Waals surface area (Å²) in [4.78, 5) is 8.66. The van der Waals surface area contributed by atoms with Crippen LogP contribution >= 0.6 is 11.3 Å². The van der Waals surface area contributed by atoms with E-state index < -0.39 is 0 Å². The molecular formula is C19H24N4OS. The Balaban J connectivity index is 1.86. The Kier molecular flexibility index (Phi) is 4.25. The highest BCUT2D eigenvalue weighted by Crippen LogP contribution is 2.42. The van der Waals surface area contributed by atoms with E-state index in [9.17, 15) is 5.11 Å². The van der Waals surface area contributed by atoms with Gasteiger partial charge in [0.05, 0.1) is 10.9 Å². The van der Waals surface area contributed by atoms with E-state index in [-0.39, 0.29) is 11.9 Å². The molecule has 0 aliphatic carbocycles. The Morgan fingerprint density at radius 3 is 2.84 bits per heavy atom. The van der Waals surface area contributed by atoms with Crippen molar-refractivity contribution in [3.05, 3.63) is 46.1 Å². The molecule has 1 saturated heterocycles. The molecule has 0 saturated carbocycles. The second kappa shape index (κ2) is 6.42. The lowest BCUT2D eigenvalue weighted by Gasteiger charge is -2.39. The number of likely N-dealkylation sites (tertiary alicyclic amines) is 1. The van der Waals surface area contributed by atoms with E-state index in [1.807, 2.05) is 6.92 Å². The number of hydrogen-bond acceptors (Lipinski definition) is 5. The first-order valence-electron chi connectivity index (χ1n) is 8.92. The number of hydrogen-bond donors (Lipinski definition) is 1. The third-order valence-electron chi connectivity index (χ3n) is 5.10. The molecule has 5 nitrogen and oxygen atoms in total. The van der Waals surface area contributed by atoms with Crippen LogP contribution in [0.25, 0.3) is 4.96 Å². The van der Waals surface area contributed by atoms with Crippen LogP contribution in [0.1, 0.15) is 54.1 Å². The molecule has 0 radical (unpaired) electrons. The van der Waals surface area contributed by atoms with Crippen LogP contribution < -0.4 is 0 Å². The number of benzene rings is 1. The van der Waals surface area contributed by atoms with Gasteiger partial charge in [0.25, 0.3) is 0 Å². The van der Waals surface area contributed by atoms with Crippen molar-refractivity contribution in [1.82, 2.24) is 19.5 Å². The normalized spacial score (nSPS) is 20.2. The van der Waals surface area contributed by atoms with Crippen molar-refractivity contribution in [1.29, 1.82) is 0 Å². The second-order valence-corrected chi connectivity index (χ2v) is 8.05. The Morgan fingerprint density at radius 2 is 2.12 bits per heavy atom. The first kappa shape index (κ1) is 16.5. The largest absolute Gasteiger partial charge is 0.492 e. The Hall–Kier alpha value is -1.92. The number of fused-ring (bicyclic) bond motifs is 1. The monoisotopic (exact) mass is 356 g/mol. The van der Waals surface area contributed by atoms with Crippen LogP contribution in [0.3, 0.4) is 0 Å². The van der Waals surface area contributed by atoms with Crippen molar-refractivity contribution in [2.75, 3.05) is 6.54 Å². The molecule has 6 heteroatoms. The van der Waals surface area contributed by atoms with Crippen molar-refractivity contribution in [3.63, 3.8) is 0 Å². The Morgan fingerprint density at radius 1 is 1.28 bits per heavy atom. The summed E-state index contributed by atoms with van der Waals surface area (Å²) in [7, 11) is 0. The third-order valence-corrected chi connectivity index (χ3v) is 6.17. The Bertz CT molecular complexity index is 900. The van der Waals surface area contributed by atoms with Gasteiger partial charge in [0, 0.05) is 6.04 Å². The van der Waals surface area contributed by atoms with Gasteiger partial charge < -0.3 is 5.11 Å². The molecule has 1 aromatic carbocycles. The van der Waals surface area contributed by atoms with Gasteiger partial charge in [0.1, 0.15) is 5.82 Å². The highest BCUT2D eigenvalue weighted by molar-refractivity contribution is 7.17. The SMILES string of the molecule is Cc1cccc([C@H](c2sc3nc(C)nn3c2O)N2CCCC[C@@H]2C)c1. The van der Waals surface area contributed by atoms with E-state index in [4.69, 9.17) is 0 Å². The smallest absolute Gasteiger partial charge is 0.230 e. The van der Waals surface area contributed by atoms with Crippen LogP contribution in [-0.4, -0.2) is 37.2 Å². The van der Waals surface area contributed by atoms with Crippen molar-refractivity contribution >= 4 is 16.3 Å². The molecule has 0 unspecified atom stereocenters. The van der Waals surface area contributed by atoms with Crippen LogP contribution in [0.4, 0.5) is 0 Å². The summed E-state index contributed by atoms with van der Waals surface area (Å²) in [5.74, 6) is 0.913. The van der Waals surface area contributed by atoms with Crippen LogP contribution in [0.15, 0.2) is 24.3 Å². The van der Waals surface area contributed by atoms with Gasteiger partial charge >= 0.3 is 0 Å². The third kappa shape index (κ3) is 2.93. The van der Waals surface area contributed by atoms with E-state index in [0.29, 0.717) is 11.9 Å². The Labute approximate surface area is 151 Å². The molecule has 1 N–H and O–H groups in total. The number of aromatic nitrogens is 3. The quantitative estimate of drug-likeness (QED) is 0.768. The summed E-state index contributed by atoms with van der Waals surface area (Å²) in [6, 6.07) is 9.15. The predicted octanol–water partition coefficient (Wildman–Crippen LogP) is 4.08. The zero-order valence-electron chi connectivity index (χ0n) is 14.9. The van der Waals surface area contributed by atoms with Gasteiger partial charge in [0.15, 0.2) is 0 Å². The molecule has 25 heavy (non-hydrogen) atoms. The summed E-state index contributed by atoms with van der Waals surface area (Å²) >= 11 is 1.55. The van der Waals surface area contributed by atoms with E-state index >= 15 is 0 Å². The van der Waals surface area contributed by atoms with E-state index in [1.165, 1.54) is 30.4 Å². The fourth-order valence-corrected chi connectivity index (χ4v) is 5.01. The molecule has 4 rings (SSSR count). The highest BCUT2D eigenvalue weighted by atomic mass is 32.1. The fraction of sp³-hybridized carbons (Fsp3) is 0.474. The molecule has 0 amide bonds. The van der Waals surface area contributed by atoms with Gasteiger partial charge in [-0.05, 0) is 45.7 Å². The number of rotatable bonds is 3. The second-order valence-electron chi connectivity index (χ2n) is 7.04. The minimum absolute atomic E-state index is 0.0454. The zero-order valence-corrected chi connectivity index (χ0v) is 15.8. The summed E-state index contributed by atoms with van der Waals surface area (Å²) in [6.07, 6.45) is 3.68. The number of piperidine rings is 1. The molecule has 1 aliphatic rings. The van der Waals surface area contributed by atoms with Crippen molar-refractivity contribution in [2.45, 2.75) is 52.1 Å². The molecule has 1 fully saturated rings. The van der Waals surface area contributed by atoms with E-state index in [1.54, 1.807) is 15.9 Å². The molecule has 1 aliphatic heterocycles. The average molecular weight is 356 g/mol. The molecule has 2 atom stereocenters. The van der Waals surface area contributed by atoms with Gasteiger partial charge in [-0.1, -0.05) is 47.6 Å². The number of thiazole rings is 1. The minimum Gasteiger partial charge on any atom is -0.492 e. The molecule has 2 aromatic heterocycles. The van der Waals surface area contributed by atoms with Crippen LogP contribution in [0.5, 0.6) is 5.88 Å². The van der Waals surface area contributed by atoms with Crippen LogP contribution in [-0.2, 0) is 0 Å². The summed E-state index contributed by atoms with van der Waals surface area (Å²) in [5.41, 5.74) is 2.47. The topological polar surface area (TPSA) is 53.7 Å². The molecule has 3 aromatic rings. The lowest BCUT2D eigenvalue weighted by atomic mass is 9.95. The summed E-state index contributed by atoms with van der Waals surface area (Å²) < 4.78 is 1.58.